The zero-order valence-corrected chi connectivity index (χ0v) is 15.5. The quantitative estimate of drug-likeness (QED) is 0.811. The van der Waals surface area contributed by atoms with Gasteiger partial charge in [-0.25, -0.2) is 0 Å². The van der Waals surface area contributed by atoms with Gasteiger partial charge in [0.2, 0.25) is 5.91 Å². The standard InChI is InChI=1S/C19H26N2O3S/c22-18(21-8-10-24-11-9-21)14-4-5-16-15(12-14)13-17(25-16)19(23)20-6-2-1-3-7-20/h13-14H,1-12H2/t14-/m1/s1. The number of aryl methyl sites for hydroxylation is 1. The van der Waals surface area contributed by atoms with E-state index in [9.17, 15) is 9.59 Å². The fourth-order valence-electron chi connectivity index (χ4n) is 4.13. The molecule has 1 aliphatic carbocycles. The van der Waals surface area contributed by atoms with Crippen LogP contribution in [0, 0.1) is 5.92 Å². The topological polar surface area (TPSA) is 49.9 Å². The summed E-state index contributed by atoms with van der Waals surface area (Å²) in [5.74, 6) is 0.525. The molecule has 3 aliphatic rings. The summed E-state index contributed by atoms with van der Waals surface area (Å²) >= 11 is 1.65. The van der Waals surface area contributed by atoms with Crippen molar-refractivity contribution in [2.45, 2.75) is 38.5 Å². The minimum absolute atomic E-state index is 0.0677. The molecular weight excluding hydrogens is 336 g/mol. The predicted molar refractivity (Wildman–Crippen MR) is 97.0 cm³/mol. The first kappa shape index (κ1) is 17.0. The van der Waals surface area contributed by atoms with Gasteiger partial charge in [-0.05, 0) is 50.2 Å². The number of hydrogen-bond donors (Lipinski definition) is 0. The Balaban J connectivity index is 1.43. The molecule has 6 heteroatoms. The largest absolute Gasteiger partial charge is 0.378 e. The van der Waals surface area contributed by atoms with E-state index in [1.165, 1.54) is 16.9 Å². The highest BCUT2D eigenvalue weighted by molar-refractivity contribution is 7.14. The highest BCUT2D eigenvalue weighted by atomic mass is 32.1. The lowest BCUT2D eigenvalue weighted by Crippen LogP contribution is -2.44. The van der Waals surface area contributed by atoms with Crippen LogP contribution in [-0.2, 0) is 22.4 Å². The van der Waals surface area contributed by atoms with Crippen LogP contribution >= 0.6 is 11.3 Å². The maximum absolute atomic E-state index is 12.7. The van der Waals surface area contributed by atoms with Crippen LogP contribution < -0.4 is 0 Å². The molecule has 0 N–H and O–H groups in total. The van der Waals surface area contributed by atoms with Crippen LogP contribution in [0.3, 0.4) is 0 Å². The van der Waals surface area contributed by atoms with Gasteiger partial charge in [-0.2, -0.15) is 0 Å². The molecule has 2 amide bonds. The van der Waals surface area contributed by atoms with Crippen molar-refractivity contribution < 1.29 is 14.3 Å². The van der Waals surface area contributed by atoms with Gasteiger partial charge in [0.1, 0.15) is 0 Å². The zero-order valence-electron chi connectivity index (χ0n) is 14.7. The number of carbonyl (C=O) groups is 2. The van der Waals surface area contributed by atoms with E-state index in [4.69, 9.17) is 4.74 Å². The Hall–Kier alpha value is -1.40. The molecule has 1 aromatic heterocycles. The van der Waals surface area contributed by atoms with Crippen LogP contribution in [0.2, 0.25) is 0 Å². The third-order valence-electron chi connectivity index (χ3n) is 5.61. The first-order valence-electron chi connectivity index (χ1n) is 9.50. The maximum atomic E-state index is 12.7. The van der Waals surface area contributed by atoms with Gasteiger partial charge in [0, 0.05) is 37.0 Å². The number of thiophene rings is 1. The van der Waals surface area contributed by atoms with Crippen molar-refractivity contribution in [2.75, 3.05) is 39.4 Å². The molecule has 1 aromatic rings. The van der Waals surface area contributed by atoms with E-state index < -0.39 is 0 Å². The van der Waals surface area contributed by atoms with E-state index in [0.717, 1.165) is 50.1 Å². The van der Waals surface area contributed by atoms with E-state index in [1.807, 2.05) is 9.80 Å². The second-order valence-electron chi connectivity index (χ2n) is 7.29. The van der Waals surface area contributed by atoms with Crippen molar-refractivity contribution in [3.8, 4) is 0 Å². The molecule has 136 valence electrons. The Labute approximate surface area is 152 Å². The second kappa shape index (κ2) is 7.46. The Morgan fingerprint density at radius 2 is 1.80 bits per heavy atom. The zero-order chi connectivity index (χ0) is 17.2. The molecule has 4 rings (SSSR count). The Kier molecular flexibility index (Phi) is 5.08. The number of nitrogens with zero attached hydrogens (tertiary/aromatic N) is 2. The van der Waals surface area contributed by atoms with Gasteiger partial charge in [-0.1, -0.05) is 0 Å². The Morgan fingerprint density at radius 1 is 1.04 bits per heavy atom. The van der Waals surface area contributed by atoms with Crippen LogP contribution in [0.5, 0.6) is 0 Å². The average Bonchev–Trinajstić information content (AvgIpc) is 3.11. The molecule has 0 radical (unpaired) electrons. The number of piperidine rings is 1. The van der Waals surface area contributed by atoms with Crippen LogP contribution in [0.4, 0.5) is 0 Å². The SMILES string of the molecule is O=C(c1cc2c(s1)CC[C@@H](C(=O)N1CCOCC1)C2)N1CCCCC1. The summed E-state index contributed by atoms with van der Waals surface area (Å²) in [7, 11) is 0. The number of amides is 2. The summed E-state index contributed by atoms with van der Waals surface area (Å²) in [4.78, 5) is 31.6. The Bertz CT molecular complexity index is 645. The minimum Gasteiger partial charge on any atom is -0.378 e. The molecular formula is C19H26N2O3S. The van der Waals surface area contributed by atoms with Crippen LogP contribution in [0.1, 0.15) is 45.8 Å². The van der Waals surface area contributed by atoms with Crippen molar-refractivity contribution in [2.24, 2.45) is 5.92 Å². The van der Waals surface area contributed by atoms with Gasteiger partial charge in [-0.3, -0.25) is 9.59 Å². The van der Waals surface area contributed by atoms with Crippen molar-refractivity contribution in [1.29, 1.82) is 0 Å². The number of ether oxygens (including phenoxy) is 1. The van der Waals surface area contributed by atoms with Crippen molar-refractivity contribution >= 4 is 23.2 Å². The summed E-state index contributed by atoms with van der Waals surface area (Å²) in [5.41, 5.74) is 1.23. The lowest BCUT2D eigenvalue weighted by molar-refractivity contribution is -0.140. The van der Waals surface area contributed by atoms with Crippen molar-refractivity contribution in [1.82, 2.24) is 9.80 Å². The number of morpholine rings is 1. The second-order valence-corrected chi connectivity index (χ2v) is 8.43. The first-order valence-corrected chi connectivity index (χ1v) is 10.3. The molecule has 0 bridgehead atoms. The molecule has 1 atom stereocenters. The maximum Gasteiger partial charge on any atom is 0.263 e. The van der Waals surface area contributed by atoms with E-state index in [1.54, 1.807) is 11.3 Å². The first-order chi connectivity index (χ1) is 12.2. The van der Waals surface area contributed by atoms with Crippen molar-refractivity contribution in [3.05, 3.63) is 21.4 Å². The van der Waals surface area contributed by atoms with E-state index in [-0.39, 0.29) is 17.7 Å². The summed E-state index contributed by atoms with van der Waals surface area (Å²) in [6, 6.07) is 2.07. The summed E-state index contributed by atoms with van der Waals surface area (Å²) in [6.07, 6.45) is 6.08. The number of carbonyl (C=O) groups excluding carboxylic acids is 2. The van der Waals surface area contributed by atoms with Gasteiger partial charge in [0.25, 0.3) is 5.91 Å². The summed E-state index contributed by atoms with van der Waals surface area (Å²) in [5, 5.41) is 0. The van der Waals surface area contributed by atoms with Crippen LogP contribution in [0.15, 0.2) is 6.07 Å². The number of rotatable bonds is 2. The minimum atomic E-state index is 0.0677. The normalized spacial score (nSPS) is 24.1. The molecule has 25 heavy (non-hydrogen) atoms. The third kappa shape index (κ3) is 3.60. The highest BCUT2D eigenvalue weighted by Gasteiger charge is 2.31. The third-order valence-corrected chi connectivity index (χ3v) is 6.83. The molecule has 0 saturated carbocycles. The fourth-order valence-corrected chi connectivity index (χ4v) is 5.31. The number of likely N-dealkylation sites (tertiary alicyclic amines) is 1. The number of fused-ring (bicyclic) bond motifs is 1. The Morgan fingerprint density at radius 3 is 2.56 bits per heavy atom. The molecule has 5 nitrogen and oxygen atoms in total. The van der Waals surface area contributed by atoms with E-state index in [0.29, 0.717) is 26.3 Å². The van der Waals surface area contributed by atoms with Gasteiger partial charge < -0.3 is 14.5 Å². The summed E-state index contributed by atoms with van der Waals surface area (Å²) in [6.45, 7) is 4.50. The molecule has 0 aromatic carbocycles. The number of hydrogen-bond acceptors (Lipinski definition) is 4. The molecule has 2 aliphatic heterocycles. The molecule has 3 heterocycles. The van der Waals surface area contributed by atoms with E-state index >= 15 is 0 Å². The van der Waals surface area contributed by atoms with Gasteiger partial charge in [-0.15, -0.1) is 11.3 Å². The predicted octanol–water partition coefficient (Wildman–Crippen LogP) is 2.34. The van der Waals surface area contributed by atoms with Crippen LogP contribution in [0.25, 0.3) is 0 Å². The lowest BCUT2D eigenvalue weighted by atomic mass is 9.87. The monoisotopic (exact) mass is 362 g/mol. The van der Waals surface area contributed by atoms with E-state index in [2.05, 4.69) is 6.07 Å². The fraction of sp³-hybridized carbons (Fsp3) is 0.684. The van der Waals surface area contributed by atoms with Gasteiger partial charge in [0.05, 0.1) is 18.1 Å². The molecule has 2 saturated heterocycles. The lowest BCUT2D eigenvalue weighted by Gasteiger charge is -2.31. The summed E-state index contributed by atoms with van der Waals surface area (Å²) < 4.78 is 5.35. The van der Waals surface area contributed by atoms with Gasteiger partial charge >= 0.3 is 0 Å². The molecule has 0 spiro atoms. The highest BCUT2D eigenvalue weighted by Crippen LogP contribution is 2.34. The average molecular weight is 362 g/mol. The van der Waals surface area contributed by atoms with Crippen molar-refractivity contribution in [3.63, 3.8) is 0 Å². The van der Waals surface area contributed by atoms with Gasteiger partial charge in [0.15, 0.2) is 0 Å². The van der Waals surface area contributed by atoms with Crippen LogP contribution in [-0.4, -0.2) is 61.0 Å². The smallest absolute Gasteiger partial charge is 0.263 e. The molecule has 0 unspecified atom stereocenters. The molecule has 2 fully saturated rings.